The number of halogens is 3. The summed E-state index contributed by atoms with van der Waals surface area (Å²) in [4.78, 5) is 23.1. The Morgan fingerprint density at radius 1 is 1.30 bits per heavy atom. The molecule has 1 aliphatic rings. The lowest BCUT2D eigenvalue weighted by Crippen LogP contribution is -2.46. The number of hydrogen-bond donors (Lipinski definition) is 2. The summed E-state index contributed by atoms with van der Waals surface area (Å²) in [5.41, 5.74) is -0.422. The maximum Gasteiger partial charge on any atom is 0.416 e. The van der Waals surface area contributed by atoms with Crippen LogP contribution in [0.2, 0.25) is 0 Å². The molecule has 8 heteroatoms. The van der Waals surface area contributed by atoms with Crippen molar-refractivity contribution in [2.45, 2.75) is 37.6 Å². The summed E-state index contributed by atoms with van der Waals surface area (Å²) in [5, 5.41) is 11.5. The molecule has 0 saturated carbocycles. The Bertz CT molecular complexity index is 565. The molecule has 1 aromatic carbocycles. The molecule has 0 aromatic heterocycles. The average molecular weight is 331 g/mol. The lowest BCUT2D eigenvalue weighted by molar-refractivity contribution is -0.143. The van der Waals surface area contributed by atoms with Gasteiger partial charge in [0, 0.05) is 13.0 Å². The number of hydrogen-bond acceptors (Lipinski definition) is 3. The predicted octanol–water partition coefficient (Wildman–Crippen LogP) is 2.00. The van der Waals surface area contributed by atoms with Crippen molar-refractivity contribution in [3.05, 3.63) is 35.4 Å². The van der Waals surface area contributed by atoms with Crippen LogP contribution < -0.4 is 5.32 Å². The summed E-state index contributed by atoms with van der Waals surface area (Å²) in [6, 6.07) is 2.96. The zero-order chi connectivity index (χ0) is 17.0. The minimum absolute atomic E-state index is 0.105. The summed E-state index contributed by atoms with van der Waals surface area (Å²) in [5.74, 6) is -1.77. The van der Waals surface area contributed by atoms with Gasteiger partial charge in [0.15, 0.2) is 0 Å². The van der Waals surface area contributed by atoms with Gasteiger partial charge in [0.1, 0.15) is 12.1 Å². The van der Waals surface area contributed by atoms with Crippen LogP contribution in [0.5, 0.6) is 0 Å². The summed E-state index contributed by atoms with van der Waals surface area (Å²) in [6.45, 7) is 0.453. The number of aliphatic carboxylic acids is 1. The van der Waals surface area contributed by atoms with E-state index in [1.165, 1.54) is 12.1 Å². The summed E-state index contributed by atoms with van der Waals surface area (Å²) >= 11 is 0. The Morgan fingerprint density at radius 2 is 1.96 bits per heavy atom. The van der Waals surface area contributed by atoms with Crippen LogP contribution in [-0.2, 0) is 26.9 Å². The van der Waals surface area contributed by atoms with E-state index in [9.17, 15) is 27.9 Å². The number of carboxylic acid groups (broad SMARTS) is 1. The van der Waals surface area contributed by atoms with Crippen LogP contribution in [-0.4, -0.2) is 35.7 Å². The molecule has 0 unspecified atom stereocenters. The molecule has 2 N–H and O–H groups in total. The van der Waals surface area contributed by atoms with E-state index in [0.717, 1.165) is 18.6 Å². The third-order valence-corrected chi connectivity index (χ3v) is 3.56. The van der Waals surface area contributed by atoms with Gasteiger partial charge in [-0.25, -0.2) is 4.79 Å². The molecule has 1 heterocycles. The fourth-order valence-electron chi connectivity index (χ4n) is 2.31. The van der Waals surface area contributed by atoms with E-state index in [2.05, 4.69) is 5.32 Å². The normalized spacial score (nSPS) is 19.3. The zero-order valence-corrected chi connectivity index (χ0v) is 12.1. The zero-order valence-electron chi connectivity index (χ0n) is 12.1. The van der Waals surface area contributed by atoms with Gasteiger partial charge in [0.05, 0.1) is 5.56 Å². The number of nitrogens with one attached hydrogen (secondary N) is 1. The quantitative estimate of drug-likeness (QED) is 0.865. The van der Waals surface area contributed by atoms with Crippen molar-refractivity contribution >= 4 is 11.9 Å². The number of rotatable bonds is 5. The topological polar surface area (TPSA) is 75.6 Å². The molecule has 126 valence electrons. The molecule has 5 nitrogen and oxygen atoms in total. The third kappa shape index (κ3) is 4.69. The Morgan fingerprint density at radius 3 is 2.43 bits per heavy atom. The van der Waals surface area contributed by atoms with Gasteiger partial charge < -0.3 is 15.2 Å². The van der Waals surface area contributed by atoms with Crippen molar-refractivity contribution in [1.29, 1.82) is 0 Å². The number of carbonyl (C=O) groups is 2. The van der Waals surface area contributed by atoms with E-state index in [-0.39, 0.29) is 6.42 Å². The van der Waals surface area contributed by atoms with Crippen LogP contribution in [0.25, 0.3) is 0 Å². The molecule has 1 amide bonds. The molecule has 1 saturated heterocycles. The first-order valence-electron chi connectivity index (χ1n) is 7.08. The SMILES string of the molecule is O=C(N[C@H](Cc1ccc(C(F)(F)F)cc1)C(=O)O)[C@@H]1CCCO1. The standard InChI is InChI=1S/C15H16F3NO4/c16-15(17,18)10-5-3-9(4-6-10)8-11(14(21)22)19-13(20)12-2-1-7-23-12/h3-6,11-12H,1-2,7-8H2,(H,19,20)(H,21,22)/t11-,12+/m1/s1. The second-order valence-corrected chi connectivity index (χ2v) is 5.30. The molecule has 2 atom stereocenters. The first kappa shape index (κ1) is 17.3. The fraction of sp³-hybridized carbons (Fsp3) is 0.467. The fourth-order valence-corrected chi connectivity index (χ4v) is 2.31. The van der Waals surface area contributed by atoms with E-state index in [0.29, 0.717) is 18.6 Å². The Kier molecular flexibility index (Phi) is 5.25. The van der Waals surface area contributed by atoms with E-state index in [1.807, 2.05) is 0 Å². The minimum Gasteiger partial charge on any atom is -0.480 e. The van der Waals surface area contributed by atoms with Gasteiger partial charge in [-0.2, -0.15) is 13.2 Å². The van der Waals surface area contributed by atoms with Crippen LogP contribution in [0.15, 0.2) is 24.3 Å². The average Bonchev–Trinajstić information content (AvgIpc) is 3.00. The van der Waals surface area contributed by atoms with Crippen molar-refractivity contribution < 1.29 is 32.6 Å². The van der Waals surface area contributed by atoms with Gasteiger partial charge >= 0.3 is 12.1 Å². The molecular weight excluding hydrogens is 315 g/mol. The lowest BCUT2D eigenvalue weighted by Gasteiger charge is -2.17. The van der Waals surface area contributed by atoms with Gasteiger partial charge in [0.2, 0.25) is 5.91 Å². The van der Waals surface area contributed by atoms with E-state index < -0.39 is 35.8 Å². The van der Waals surface area contributed by atoms with Crippen molar-refractivity contribution in [3.63, 3.8) is 0 Å². The molecule has 0 spiro atoms. The summed E-state index contributed by atoms with van der Waals surface area (Å²) < 4.78 is 42.6. The maximum atomic E-state index is 12.5. The number of carboxylic acids is 1. The monoisotopic (exact) mass is 331 g/mol. The second kappa shape index (κ2) is 6.99. The lowest BCUT2D eigenvalue weighted by atomic mass is 10.0. The number of carbonyl (C=O) groups excluding carboxylic acids is 1. The number of benzene rings is 1. The molecule has 0 bridgehead atoms. The predicted molar refractivity (Wildman–Crippen MR) is 73.7 cm³/mol. The highest BCUT2D eigenvalue weighted by atomic mass is 19.4. The van der Waals surface area contributed by atoms with Gasteiger partial charge in [-0.3, -0.25) is 4.79 Å². The molecule has 0 radical (unpaired) electrons. The van der Waals surface area contributed by atoms with Crippen molar-refractivity contribution in [2.24, 2.45) is 0 Å². The maximum absolute atomic E-state index is 12.5. The smallest absolute Gasteiger partial charge is 0.416 e. The summed E-state index contributed by atoms with van der Waals surface area (Å²) in [6.07, 6.45) is -3.96. The number of amides is 1. The van der Waals surface area contributed by atoms with Crippen molar-refractivity contribution in [3.8, 4) is 0 Å². The molecule has 1 aromatic rings. The van der Waals surface area contributed by atoms with Gasteiger partial charge in [0.25, 0.3) is 0 Å². The minimum atomic E-state index is -4.45. The second-order valence-electron chi connectivity index (χ2n) is 5.30. The van der Waals surface area contributed by atoms with Crippen LogP contribution in [0.3, 0.4) is 0 Å². The highest BCUT2D eigenvalue weighted by Crippen LogP contribution is 2.29. The molecule has 23 heavy (non-hydrogen) atoms. The molecule has 1 fully saturated rings. The van der Waals surface area contributed by atoms with Crippen molar-refractivity contribution in [2.75, 3.05) is 6.61 Å². The van der Waals surface area contributed by atoms with E-state index >= 15 is 0 Å². The van der Waals surface area contributed by atoms with Crippen LogP contribution in [0, 0.1) is 0 Å². The molecule has 0 aliphatic carbocycles. The van der Waals surface area contributed by atoms with E-state index in [4.69, 9.17) is 4.74 Å². The Hall–Kier alpha value is -2.09. The number of alkyl halides is 3. The Labute approximate surface area is 130 Å². The molecular formula is C15H16F3NO4. The molecule has 1 aliphatic heterocycles. The first-order chi connectivity index (χ1) is 10.8. The Balaban J connectivity index is 2.01. The summed E-state index contributed by atoms with van der Waals surface area (Å²) in [7, 11) is 0. The van der Waals surface area contributed by atoms with Gasteiger partial charge in [-0.15, -0.1) is 0 Å². The first-order valence-corrected chi connectivity index (χ1v) is 7.08. The van der Waals surface area contributed by atoms with E-state index in [1.54, 1.807) is 0 Å². The highest BCUT2D eigenvalue weighted by molar-refractivity contribution is 5.86. The molecule has 2 rings (SSSR count). The highest BCUT2D eigenvalue weighted by Gasteiger charge is 2.31. The number of ether oxygens (including phenoxy) is 1. The van der Waals surface area contributed by atoms with Crippen molar-refractivity contribution in [1.82, 2.24) is 5.32 Å². The largest absolute Gasteiger partial charge is 0.480 e. The third-order valence-electron chi connectivity index (χ3n) is 3.56. The van der Waals surface area contributed by atoms with Gasteiger partial charge in [-0.1, -0.05) is 12.1 Å². The van der Waals surface area contributed by atoms with Crippen LogP contribution in [0.1, 0.15) is 24.0 Å². The van der Waals surface area contributed by atoms with Crippen LogP contribution >= 0.6 is 0 Å². The van der Waals surface area contributed by atoms with Gasteiger partial charge in [-0.05, 0) is 30.5 Å². The van der Waals surface area contributed by atoms with Crippen LogP contribution in [0.4, 0.5) is 13.2 Å².